The summed E-state index contributed by atoms with van der Waals surface area (Å²) in [5.41, 5.74) is -0.789. The lowest BCUT2D eigenvalue weighted by Gasteiger charge is -2.09. The van der Waals surface area contributed by atoms with Crippen molar-refractivity contribution in [1.82, 2.24) is 0 Å². The highest BCUT2D eigenvalue weighted by Crippen LogP contribution is 2.25. The van der Waals surface area contributed by atoms with Crippen LogP contribution in [0.15, 0.2) is 36.4 Å². The first-order chi connectivity index (χ1) is 9.88. The van der Waals surface area contributed by atoms with Gasteiger partial charge in [-0.2, -0.15) is 0 Å². The van der Waals surface area contributed by atoms with Crippen LogP contribution in [0.2, 0.25) is 0 Å². The van der Waals surface area contributed by atoms with Gasteiger partial charge in [0, 0.05) is 6.07 Å². The molecule has 0 aliphatic rings. The van der Waals surface area contributed by atoms with Crippen molar-refractivity contribution < 1.29 is 28.6 Å². The number of halogens is 2. The maximum Gasteiger partial charge on any atom is 0.335 e. The number of carbonyl (C=O) groups is 2. The molecule has 0 atom stereocenters. The number of benzene rings is 2. The van der Waals surface area contributed by atoms with Crippen LogP contribution in [0.5, 0.6) is 5.75 Å². The largest absolute Gasteiger partial charge is 0.506 e. The molecule has 0 heterocycles. The topological polar surface area (TPSA) is 86.6 Å². The second-order valence-corrected chi connectivity index (χ2v) is 4.12. The average Bonchev–Trinajstić information content (AvgIpc) is 2.40. The van der Waals surface area contributed by atoms with Crippen LogP contribution in [0.1, 0.15) is 20.7 Å². The summed E-state index contributed by atoms with van der Waals surface area (Å²) in [4.78, 5) is 22.7. The van der Waals surface area contributed by atoms with E-state index in [2.05, 4.69) is 5.32 Å². The van der Waals surface area contributed by atoms with E-state index in [1.54, 1.807) is 0 Å². The van der Waals surface area contributed by atoms with Crippen molar-refractivity contribution in [2.45, 2.75) is 0 Å². The van der Waals surface area contributed by atoms with E-state index >= 15 is 0 Å². The standard InChI is InChI=1S/C14H9F2NO4/c15-8-2-3-9(10(16)6-8)13(19)17-11-5-7(14(20)21)1-4-12(11)18/h1-6,18H,(H,17,19)(H,20,21). The molecule has 2 aromatic carbocycles. The molecule has 5 nitrogen and oxygen atoms in total. The Balaban J connectivity index is 2.31. The van der Waals surface area contributed by atoms with E-state index in [4.69, 9.17) is 5.11 Å². The van der Waals surface area contributed by atoms with E-state index in [0.29, 0.717) is 6.07 Å². The Morgan fingerprint density at radius 1 is 1.05 bits per heavy atom. The molecule has 2 rings (SSSR count). The van der Waals surface area contributed by atoms with Crippen LogP contribution in [-0.2, 0) is 0 Å². The number of aromatic hydroxyl groups is 1. The van der Waals surface area contributed by atoms with Gasteiger partial charge in [0.2, 0.25) is 0 Å². The summed E-state index contributed by atoms with van der Waals surface area (Å²) in [6.45, 7) is 0. The summed E-state index contributed by atoms with van der Waals surface area (Å²) in [5.74, 6) is -4.47. The number of hydrogen-bond acceptors (Lipinski definition) is 3. The highest BCUT2D eigenvalue weighted by atomic mass is 19.1. The zero-order chi connectivity index (χ0) is 15.6. The molecule has 0 aliphatic heterocycles. The number of anilines is 1. The fraction of sp³-hybridized carbons (Fsp3) is 0. The first kappa shape index (κ1) is 14.4. The number of nitrogens with one attached hydrogen (secondary N) is 1. The fourth-order valence-electron chi connectivity index (χ4n) is 1.63. The molecule has 108 valence electrons. The monoisotopic (exact) mass is 293 g/mol. The number of carbonyl (C=O) groups excluding carboxylic acids is 1. The molecule has 1 amide bonds. The summed E-state index contributed by atoms with van der Waals surface area (Å²) in [5, 5.41) is 20.6. The predicted octanol–water partition coefficient (Wildman–Crippen LogP) is 2.62. The Morgan fingerprint density at radius 2 is 1.76 bits per heavy atom. The van der Waals surface area contributed by atoms with Crippen molar-refractivity contribution in [3.8, 4) is 5.75 Å². The lowest BCUT2D eigenvalue weighted by atomic mass is 10.1. The van der Waals surface area contributed by atoms with E-state index in [1.165, 1.54) is 0 Å². The minimum Gasteiger partial charge on any atom is -0.506 e. The Bertz CT molecular complexity index is 731. The minimum absolute atomic E-state index is 0.164. The Labute approximate surface area is 117 Å². The predicted molar refractivity (Wildman–Crippen MR) is 69.4 cm³/mol. The number of amides is 1. The molecule has 0 unspecified atom stereocenters. The number of rotatable bonds is 3. The third kappa shape index (κ3) is 3.14. The molecule has 7 heteroatoms. The number of phenolic OH excluding ortho intramolecular Hbond substituents is 1. The Hall–Kier alpha value is -2.96. The number of aromatic carboxylic acids is 1. The van der Waals surface area contributed by atoms with Gasteiger partial charge in [0.25, 0.3) is 5.91 Å². The first-order valence-electron chi connectivity index (χ1n) is 5.71. The lowest BCUT2D eigenvalue weighted by molar-refractivity contribution is 0.0696. The van der Waals surface area contributed by atoms with E-state index in [1.807, 2.05) is 0 Å². The highest BCUT2D eigenvalue weighted by molar-refractivity contribution is 6.05. The minimum atomic E-state index is -1.25. The van der Waals surface area contributed by atoms with E-state index in [9.17, 15) is 23.5 Å². The quantitative estimate of drug-likeness (QED) is 0.759. The van der Waals surface area contributed by atoms with Gasteiger partial charge in [0.1, 0.15) is 17.4 Å². The smallest absolute Gasteiger partial charge is 0.335 e. The van der Waals surface area contributed by atoms with E-state index in [-0.39, 0.29) is 17.0 Å². The van der Waals surface area contributed by atoms with Gasteiger partial charge in [-0.05, 0) is 30.3 Å². The van der Waals surface area contributed by atoms with Crippen molar-refractivity contribution in [3.63, 3.8) is 0 Å². The molecule has 0 spiro atoms. The molecule has 0 fully saturated rings. The van der Waals surface area contributed by atoms with Gasteiger partial charge in [0.15, 0.2) is 0 Å². The van der Waals surface area contributed by atoms with Crippen LogP contribution in [0, 0.1) is 11.6 Å². The van der Waals surface area contributed by atoms with E-state index < -0.39 is 29.1 Å². The molecule has 0 saturated heterocycles. The van der Waals surface area contributed by atoms with Crippen LogP contribution in [0.3, 0.4) is 0 Å². The van der Waals surface area contributed by atoms with Gasteiger partial charge in [0.05, 0.1) is 16.8 Å². The fourth-order valence-corrected chi connectivity index (χ4v) is 1.63. The first-order valence-corrected chi connectivity index (χ1v) is 5.71. The van der Waals surface area contributed by atoms with Crippen molar-refractivity contribution in [2.24, 2.45) is 0 Å². The molecular weight excluding hydrogens is 284 g/mol. The molecular formula is C14H9F2NO4. The SMILES string of the molecule is O=C(O)c1ccc(O)c(NC(=O)c2ccc(F)cc2F)c1. The van der Waals surface area contributed by atoms with E-state index in [0.717, 1.165) is 30.3 Å². The van der Waals surface area contributed by atoms with Crippen LogP contribution in [0.25, 0.3) is 0 Å². The zero-order valence-electron chi connectivity index (χ0n) is 10.4. The molecule has 0 aromatic heterocycles. The normalized spacial score (nSPS) is 10.2. The molecule has 0 aliphatic carbocycles. The molecule has 0 saturated carbocycles. The summed E-state index contributed by atoms with van der Waals surface area (Å²) in [7, 11) is 0. The molecule has 0 radical (unpaired) electrons. The highest BCUT2D eigenvalue weighted by Gasteiger charge is 2.15. The van der Waals surface area contributed by atoms with Crippen LogP contribution < -0.4 is 5.32 Å². The number of phenols is 1. The second kappa shape index (κ2) is 5.58. The third-order valence-electron chi connectivity index (χ3n) is 2.67. The molecule has 3 N–H and O–H groups in total. The molecule has 2 aromatic rings. The van der Waals surface area contributed by atoms with Crippen LogP contribution in [0.4, 0.5) is 14.5 Å². The summed E-state index contributed by atoms with van der Waals surface area (Å²) in [6, 6.07) is 5.65. The van der Waals surface area contributed by atoms with Gasteiger partial charge in [-0.1, -0.05) is 0 Å². The summed E-state index contributed by atoms with van der Waals surface area (Å²) >= 11 is 0. The molecule has 0 bridgehead atoms. The van der Waals surface area contributed by atoms with Gasteiger partial charge >= 0.3 is 5.97 Å². The van der Waals surface area contributed by atoms with Gasteiger partial charge in [-0.25, -0.2) is 13.6 Å². The average molecular weight is 293 g/mol. The van der Waals surface area contributed by atoms with Crippen molar-refractivity contribution >= 4 is 17.6 Å². The second-order valence-electron chi connectivity index (χ2n) is 4.12. The summed E-state index contributed by atoms with van der Waals surface area (Å²) in [6.07, 6.45) is 0. The van der Waals surface area contributed by atoms with Crippen molar-refractivity contribution in [3.05, 3.63) is 59.2 Å². The van der Waals surface area contributed by atoms with Crippen LogP contribution in [-0.4, -0.2) is 22.1 Å². The van der Waals surface area contributed by atoms with Crippen molar-refractivity contribution in [1.29, 1.82) is 0 Å². The van der Waals surface area contributed by atoms with Crippen LogP contribution >= 0.6 is 0 Å². The number of hydrogen-bond donors (Lipinski definition) is 3. The Morgan fingerprint density at radius 3 is 2.38 bits per heavy atom. The maximum atomic E-state index is 13.5. The number of carboxylic acid groups (broad SMARTS) is 1. The van der Waals surface area contributed by atoms with Gasteiger partial charge in [-0.15, -0.1) is 0 Å². The number of carboxylic acids is 1. The Kier molecular flexibility index (Phi) is 3.84. The summed E-state index contributed by atoms with van der Waals surface area (Å²) < 4.78 is 26.2. The van der Waals surface area contributed by atoms with Gasteiger partial charge < -0.3 is 15.5 Å². The van der Waals surface area contributed by atoms with Crippen molar-refractivity contribution in [2.75, 3.05) is 5.32 Å². The lowest BCUT2D eigenvalue weighted by Crippen LogP contribution is -2.14. The zero-order valence-corrected chi connectivity index (χ0v) is 10.4. The van der Waals surface area contributed by atoms with Gasteiger partial charge in [-0.3, -0.25) is 4.79 Å². The maximum absolute atomic E-state index is 13.5. The third-order valence-corrected chi connectivity index (χ3v) is 2.67. The molecule has 21 heavy (non-hydrogen) atoms.